The van der Waals surface area contributed by atoms with Gasteiger partial charge in [0.25, 0.3) is 5.91 Å². The van der Waals surface area contributed by atoms with E-state index in [1.807, 2.05) is 56.3 Å². The molecule has 29 heavy (non-hydrogen) atoms. The molecule has 0 aromatic heterocycles. The van der Waals surface area contributed by atoms with Crippen LogP contribution in [0.4, 0.5) is 0 Å². The summed E-state index contributed by atoms with van der Waals surface area (Å²) in [6, 6.07) is 19.9. The smallest absolute Gasteiger partial charge is 0.251 e. The van der Waals surface area contributed by atoms with Crippen molar-refractivity contribution < 1.29 is 14.3 Å². The third kappa shape index (κ3) is 5.50. The molecule has 0 heterocycles. The lowest BCUT2D eigenvalue weighted by atomic mass is 10.1. The Morgan fingerprint density at radius 3 is 2.52 bits per heavy atom. The second-order valence-electron chi connectivity index (χ2n) is 7.22. The first-order valence-corrected chi connectivity index (χ1v) is 10.3. The van der Waals surface area contributed by atoms with Gasteiger partial charge in [0.2, 0.25) is 0 Å². The van der Waals surface area contributed by atoms with E-state index in [1.165, 1.54) is 5.39 Å². The van der Waals surface area contributed by atoms with E-state index >= 15 is 0 Å². The highest BCUT2D eigenvalue weighted by Crippen LogP contribution is 2.25. The largest absolute Gasteiger partial charge is 0.493 e. The molecular formula is C25H29NO3. The SMILES string of the molecule is CCCC(C)NC(=O)c1ccc(OCC)c(COc2ccc3ccccc3c2)c1. The Hall–Kier alpha value is -3.01. The molecule has 0 aliphatic heterocycles. The summed E-state index contributed by atoms with van der Waals surface area (Å²) in [5, 5.41) is 5.36. The summed E-state index contributed by atoms with van der Waals surface area (Å²) >= 11 is 0. The lowest BCUT2D eigenvalue weighted by molar-refractivity contribution is 0.0938. The van der Waals surface area contributed by atoms with Crippen molar-refractivity contribution in [2.24, 2.45) is 0 Å². The normalized spacial score (nSPS) is 11.8. The predicted octanol–water partition coefficient (Wildman–Crippen LogP) is 5.74. The summed E-state index contributed by atoms with van der Waals surface area (Å²) in [4.78, 5) is 12.6. The van der Waals surface area contributed by atoms with Gasteiger partial charge in [0, 0.05) is 17.2 Å². The lowest BCUT2D eigenvalue weighted by Crippen LogP contribution is -2.32. The Morgan fingerprint density at radius 1 is 0.966 bits per heavy atom. The van der Waals surface area contributed by atoms with Crippen molar-refractivity contribution in [2.75, 3.05) is 6.61 Å². The average Bonchev–Trinajstić information content (AvgIpc) is 2.73. The van der Waals surface area contributed by atoms with Crippen molar-refractivity contribution >= 4 is 16.7 Å². The Kier molecular flexibility index (Phi) is 7.12. The second kappa shape index (κ2) is 9.97. The zero-order chi connectivity index (χ0) is 20.6. The number of benzene rings is 3. The second-order valence-corrected chi connectivity index (χ2v) is 7.22. The Morgan fingerprint density at radius 2 is 1.76 bits per heavy atom. The standard InChI is InChI=1S/C25H29NO3/c1-4-8-18(3)26-25(27)21-12-14-24(28-5-2)22(15-21)17-29-23-13-11-19-9-6-7-10-20(19)16-23/h6-7,9-16,18H,4-5,8,17H2,1-3H3,(H,26,27). The maximum absolute atomic E-state index is 12.6. The Bertz CT molecular complexity index is 967. The van der Waals surface area contributed by atoms with E-state index in [9.17, 15) is 4.79 Å². The highest BCUT2D eigenvalue weighted by Gasteiger charge is 2.13. The summed E-state index contributed by atoms with van der Waals surface area (Å²) in [7, 11) is 0. The van der Waals surface area contributed by atoms with Gasteiger partial charge >= 0.3 is 0 Å². The molecule has 3 aromatic rings. The molecule has 0 spiro atoms. The van der Waals surface area contributed by atoms with Crippen molar-refractivity contribution in [1.29, 1.82) is 0 Å². The van der Waals surface area contributed by atoms with Crippen LogP contribution in [0.2, 0.25) is 0 Å². The minimum Gasteiger partial charge on any atom is -0.493 e. The van der Waals surface area contributed by atoms with Crippen LogP contribution in [0.3, 0.4) is 0 Å². The van der Waals surface area contributed by atoms with E-state index in [0.717, 1.165) is 35.3 Å². The fraction of sp³-hybridized carbons (Fsp3) is 0.320. The van der Waals surface area contributed by atoms with Gasteiger partial charge in [-0.05, 0) is 61.4 Å². The summed E-state index contributed by atoms with van der Waals surface area (Å²) in [6.45, 7) is 6.98. The van der Waals surface area contributed by atoms with Gasteiger partial charge in [-0.15, -0.1) is 0 Å². The van der Waals surface area contributed by atoms with Crippen LogP contribution in [0.25, 0.3) is 10.8 Å². The Balaban J connectivity index is 1.77. The molecule has 0 radical (unpaired) electrons. The minimum absolute atomic E-state index is 0.0686. The molecule has 0 saturated heterocycles. The lowest BCUT2D eigenvalue weighted by Gasteiger charge is -2.16. The fourth-order valence-electron chi connectivity index (χ4n) is 3.36. The fourth-order valence-corrected chi connectivity index (χ4v) is 3.36. The molecule has 4 nitrogen and oxygen atoms in total. The van der Waals surface area contributed by atoms with Gasteiger partial charge in [-0.25, -0.2) is 0 Å². The number of ether oxygens (including phenoxy) is 2. The number of fused-ring (bicyclic) bond motifs is 1. The molecule has 0 saturated carbocycles. The number of carbonyl (C=O) groups excluding carboxylic acids is 1. The first kappa shape index (κ1) is 20.7. The van der Waals surface area contributed by atoms with Crippen molar-refractivity contribution in [3.05, 3.63) is 71.8 Å². The number of hydrogen-bond acceptors (Lipinski definition) is 3. The monoisotopic (exact) mass is 391 g/mol. The number of carbonyl (C=O) groups is 1. The van der Waals surface area contributed by atoms with Crippen LogP contribution in [0.15, 0.2) is 60.7 Å². The van der Waals surface area contributed by atoms with Gasteiger partial charge in [-0.3, -0.25) is 4.79 Å². The van der Waals surface area contributed by atoms with E-state index < -0.39 is 0 Å². The topological polar surface area (TPSA) is 47.6 Å². The maximum Gasteiger partial charge on any atom is 0.251 e. The van der Waals surface area contributed by atoms with Crippen LogP contribution in [0.1, 0.15) is 49.5 Å². The van der Waals surface area contributed by atoms with Crippen molar-refractivity contribution in [1.82, 2.24) is 5.32 Å². The van der Waals surface area contributed by atoms with Gasteiger partial charge in [-0.1, -0.05) is 43.7 Å². The van der Waals surface area contributed by atoms with Crippen LogP contribution < -0.4 is 14.8 Å². The maximum atomic E-state index is 12.6. The molecule has 1 atom stereocenters. The molecule has 0 fully saturated rings. The zero-order valence-corrected chi connectivity index (χ0v) is 17.4. The van der Waals surface area contributed by atoms with E-state index in [1.54, 1.807) is 6.07 Å². The molecule has 152 valence electrons. The van der Waals surface area contributed by atoms with Crippen LogP contribution in [-0.2, 0) is 6.61 Å². The molecule has 1 N–H and O–H groups in total. The first-order chi connectivity index (χ1) is 14.1. The van der Waals surface area contributed by atoms with E-state index in [2.05, 4.69) is 24.4 Å². The predicted molar refractivity (Wildman–Crippen MR) is 118 cm³/mol. The summed E-state index contributed by atoms with van der Waals surface area (Å²) in [6.07, 6.45) is 2.00. The molecule has 1 unspecified atom stereocenters. The van der Waals surface area contributed by atoms with E-state index in [0.29, 0.717) is 18.8 Å². The molecule has 0 aliphatic carbocycles. The van der Waals surface area contributed by atoms with Gasteiger partial charge in [0.05, 0.1) is 6.61 Å². The molecule has 3 rings (SSSR count). The molecule has 4 heteroatoms. The first-order valence-electron chi connectivity index (χ1n) is 10.3. The molecule has 0 bridgehead atoms. The number of nitrogens with one attached hydrogen (secondary N) is 1. The van der Waals surface area contributed by atoms with Gasteiger partial charge in [0.15, 0.2) is 0 Å². The summed E-state index contributed by atoms with van der Waals surface area (Å²) in [5.41, 5.74) is 1.48. The third-order valence-corrected chi connectivity index (χ3v) is 4.84. The zero-order valence-electron chi connectivity index (χ0n) is 17.4. The van der Waals surface area contributed by atoms with Crippen molar-refractivity contribution in [3.63, 3.8) is 0 Å². The van der Waals surface area contributed by atoms with E-state index in [4.69, 9.17) is 9.47 Å². The summed E-state index contributed by atoms with van der Waals surface area (Å²) < 4.78 is 11.8. The molecule has 0 aliphatic rings. The average molecular weight is 392 g/mol. The van der Waals surface area contributed by atoms with E-state index in [-0.39, 0.29) is 11.9 Å². The van der Waals surface area contributed by atoms with Gasteiger partial charge < -0.3 is 14.8 Å². The number of rotatable bonds is 9. The highest BCUT2D eigenvalue weighted by atomic mass is 16.5. The van der Waals surface area contributed by atoms with Gasteiger partial charge in [-0.2, -0.15) is 0 Å². The third-order valence-electron chi connectivity index (χ3n) is 4.84. The minimum atomic E-state index is -0.0686. The molecule has 3 aromatic carbocycles. The van der Waals surface area contributed by atoms with Crippen molar-refractivity contribution in [2.45, 2.75) is 46.3 Å². The summed E-state index contributed by atoms with van der Waals surface area (Å²) in [5.74, 6) is 1.46. The van der Waals surface area contributed by atoms with Gasteiger partial charge in [0.1, 0.15) is 18.1 Å². The van der Waals surface area contributed by atoms with Crippen molar-refractivity contribution in [3.8, 4) is 11.5 Å². The van der Waals surface area contributed by atoms with Crippen LogP contribution >= 0.6 is 0 Å². The van der Waals surface area contributed by atoms with Crippen LogP contribution in [0.5, 0.6) is 11.5 Å². The number of amides is 1. The molecular weight excluding hydrogens is 362 g/mol. The van der Waals surface area contributed by atoms with Crippen LogP contribution in [-0.4, -0.2) is 18.6 Å². The quantitative estimate of drug-likeness (QED) is 0.506. The Labute approximate surface area is 172 Å². The van der Waals surface area contributed by atoms with Crippen LogP contribution in [0, 0.1) is 0 Å². The number of hydrogen-bond donors (Lipinski definition) is 1. The molecule has 1 amide bonds. The highest BCUT2D eigenvalue weighted by molar-refractivity contribution is 5.94.